The standard InChI is InChI=1S/C15H23NO2/c1-4-12-7-9-13(10-8-12)11-14(15(17)18)16(5-2)6-3/h7-10,14H,4-6,11H2,1-3H3,(H,17,18)/t14-/m1/s1. The van der Waals surface area contributed by atoms with Crippen LogP contribution in [-0.4, -0.2) is 35.1 Å². The second-order valence-electron chi connectivity index (χ2n) is 4.45. The smallest absolute Gasteiger partial charge is 0.321 e. The van der Waals surface area contributed by atoms with Crippen molar-refractivity contribution in [3.8, 4) is 0 Å². The van der Waals surface area contributed by atoms with Gasteiger partial charge in [0, 0.05) is 0 Å². The van der Waals surface area contributed by atoms with Gasteiger partial charge in [-0.3, -0.25) is 9.69 Å². The van der Waals surface area contributed by atoms with Crippen molar-refractivity contribution >= 4 is 5.97 Å². The minimum atomic E-state index is -0.738. The summed E-state index contributed by atoms with van der Waals surface area (Å²) >= 11 is 0. The molecule has 0 unspecified atom stereocenters. The van der Waals surface area contributed by atoms with Crippen LogP contribution >= 0.6 is 0 Å². The lowest BCUT2D eigenvalue weighted by molar-refractivity contribution is -0.143. The third-order valence-electron chi connectivity index (χ3n) is 3.40. The van der Waals surface area contributed by atoms with Gasteiger partial charge in [-0.1, -0.05) is 45.0 Å². The number of hydrogen-bond acceptors (Lipinski definition) is 2. The molecule has 1 aromatic rings. The Morgan fingerprint density at radius 1 is 1.11 bits per heavy atom. The van der Waals surface area contributed by atoms with Crippen LogP contribution < -0.4 is 0 Å². The number of aliphatic carboxylic acids is 1. The lowest BCUT2D eigenvalue weighted by Gasteiger charge is -2.26. The average molecular weight is 249 g/mol. The van der Waals surface area contributed by atoms with E-state index in [1.165, 1.54) is 5.56 Å². The van der Waals surface area contributed by atoms with E-state index in [0.29, 0.717) is 6.42 Å². The molecule has 0 aliphatic carbocycles. The van der Waals surface area contributed by atoms with Crippen LogP contribution in [0.3, 0.4) is 0 Å². The number of nitrogens with zero attached hydrogens (tertiary/aromatic N) is 1. The van der Waals surface area contributed by atoms with Crippen LogP contribution in [0, 0.1) is 0 Å². The summed E-state index contributed by atoms with van der Waals surface area (Å²) in [5.74, 6) is -0.738. The highest BCUT2D eigenvalue weighted by molar-refractivity contribution is 5.74. The monoisotopic (exact) mass is 249 g/mol. The van der Waals surface area contributed by atoms with E-state index in [9.17, 15) is 9.90 Å². The van der Waals surface area contributed by atoms with Crippen molar-refractivity contribution in [2.45, 2.75) is 39.7 Å². The lowest BCUT2D eigenvalue weighted by atomic mass is 10.0. The molecular formula is C15H23NO2. The molecule has 1 aromatic carbocycles. The van der Waals surface area contributed by atoms with Gasteiger partial charge in [0.2, 0.25) is 0 Å². The molecule has 0 bridgehead atoms. The van der Waals surface area contributed by atoms with Gasteiger partial charge in [-0.15, -0.1) is 0 Å². The molecule has 3 heteroatoms. The normalized spacial score (nSPS) is 12.7. The Kier molecular flexibility index (Phi) is 5.86. The van der Waals surface area contributed by atoms with Crippen LogP contribution in [-0.2, 0) is 17.6 Å². The molecule has 0 saturated carbocycles. The zero-order valence-corrected chi connectivity index (χ0v) is 11.5. The number of aryl methyl sites for hydroxylation is 1. The van der Waals surface area contributed by atoms with Crippen molar-refractivity contribution in [2.24, 2.45) is 0 Å². The van der Waals surface area contributed by atoms with Crippen LogP contribution in [0.15, 0.2) is 24.3 Å². The van der Waals surface area contributed by atoms with E-state index in [2.05, 4.69) is 19.1 Å². The Labute approximate surface area is 109 Å². The Balaban J connectivity index is 2.79. The van der Waals surface area contributed by atoms with Crippen molar-refractivity contribution in [1.82, 2.24) is 4.90 Å². The summed E-state index contributed by atoms with van der Waals surface area (Å²) < 4.78 is 0. The van der Waals surface area contributed by atoms with Gasteiger partial charge in [0.25, 0.3) is 0 Å². The largest absolute Gasteiger partial charge is 0.480 e. The van der Waals surface area contributed by atoms with Gasteiger partial charge >= 0.3 is 5.97 Å². The highest BCUT2D eigenvalue weighted by Crippen LogP contribution is 2.11. The van der Waals surface area contributed by atoms with Crippen LogP contribution in [0.5, 0.6) is 0 Å². The van der Waals surface area contributed by atoms with E-state index < -0.39 is 12.0 Å². The Hall–Kier alpha value is -1.35. The number of carbonyl (C=O) groups is 1. The van der Waals surface area contributed by atoms with Crippen LogP contribution in [0.2, 0.25) is 0 Å². The van der Waals surface area contributed by atoms with Crippen molar-refractivity contribution in [3.05, 3.63) is 35.4 Å². The first-order chi connectivity index (χ1) is 8.62. The molecule has 0 aliphatic heterocycles. The first-order valence-electron chi connectivity index (χ1n) is 6.67. The Bertz CT molecular complexity index is 369. The van der Waals surface area contributed by atoms with Crippen molar-refractivity contribution in [1.29, 1.82) is 0 Å². The minimum Gasteiger partial charge on any atom is -0.480 e. The maximum atomic E-state index is 11.3. The number of carboxylic acid groups (broad SMARTS) is 1. The third kappa shape index (κ3) is 3.84. The molecule has 1 atom stereocenters. The number of hydrogen-bond donors (Lipinski definition) is 1. The zero-order valence-electron chi connectivity index (χ0n) is 11.5. The summed E-state index contributed by atoms with van der Waals surface area (Å²) in [7, 11) is 0. The molecule has 0 saturated heterocycles. The van der Waals surface area contributed by atoms with Gasteiger partial charge in [0.1, 0.15) is 6.04 Å². The number of benzene rings is 1. The molecule has 0 aliphatic rings. The van der Waals surface area contributed by atoms with Gasteiger partial charge in [-0.05, 0) is 37.1 Å². The third-order valence-corrected chi connectivity index (χ3v) is 3.40. The van der Waals surface area contributed by atoms with E-state index >= 15 is 0 Å². The van der Waals surface area contributed by atoms with Crippen LogP contribution in [0.4, 0.5) is 0 Å². The highest BCUT2D eigenvalue weighted by Gasteiger charge is 2.23. The summed E-state index contributed by atoms with van der Waals surface area (Å²) in [5.41, 5.74) is 2.37. The maximum Gasteiger partial charge on any atom is 0.321 e. The quantitative estimate of drug-likeness (QED) is 0.807. The molecule has 0 fully saturated rings. The summed E-state index contributed by atoms with van der Waals surface area (Å²) in [4.78, 5) is 13.3. The summed E-state index contributed by atoms with van der Waals surface area (Å²) in [6.45, 7) is 7.64. The Morgan fingerprint density at radius 3 is 2.00 bits per heavy atom. The average Bonchev–Trinajstić information content (AvgIpc) is 2.39. The summed E-state index contributed by atoms with van der Waals surface area (Å²) in [5, 5.41) is 9.33. The van der Waals surface area contributed by atoms with Crippen molar-refractivity contribution in [3.63, 3.8) is 0 Å². The molecule has 0 amide bonds. The van der Waals surface area contributed by atoms with Gasteiger partial charge in [-0.2, -0.15) is 0 Å². The molecule has 3 nitrogen and oxygen atoms in total. The van der Waals surface area contributed by atoms with E-state index in [1.54, 1.807) is 0 Å². The highest BCUT2D eigenvalue weighted by atomic mass is 16.4. The predicted octanol–water partition coefficient (Wildman–Crippen LogP) is 2.59. The van der Waals surface area contributed by atoms with E-state index in [4.69, 9.17) is 0 Å². The minimum absolute atomic E-state index is 0.424. The topological polar surface area (TPSA) is 40.5 Å². The van der Waals surface area contributed by atoms with Gasteiger partial charge < -0.3 is 5.11 Å². The maximum absolute atomic E-state index is 11.3. The molecular weight excluding hydrogens is 226 g/mol. The zero-order chi connectivity index (χ0) is 13.5. The summed E-state index contributed by atoms with van der Waals surface area (Å²) in [6.07, 6.45) is 1.58. The first-order valence-corrected chi connectivity index (χ1v) is 6.67. The van der Waals surface area contributed by atoms with Crippen molar-refractivity contribution < 1.29 is 9.90 Å². The van der Waals surface area contributed by atoms with E-state index in [0.717, 1.165) is 25.1 Å². The fraction of sp³-hybridized carbons (Fsp3) is 0.533. The van der Waals surface area contributed by atoms with E-state index in [1.807, 2.05) is 30.9 Å². The fourth-order valence-corrected chi connectivity index (χ4v) is 2.17. The molecule has 0 spiro atoms. The second kappa shape index (κ2) is 7.17. The second-order valence-corrected chi connectivity index (χ2v) is 4.45. The Morgan fingerprint density at radius 2 is 1.61 bits per heavy atom. The van der Waals surface area contributed by atoms with Crippen molar-refractivity contribution in [2.75, 3.05) is 13.1 Å². The molecule has 18 heavy (non-hydrogen) atoms. The van der Waals surface area contributed by atoms with Crippen LogP contribution in [0.25, 0.3) is 0 Å². The molecule has 0 aromatic heterocycles. The van der Waals surface area contributed by atoms with Gasteiger partial charge in [0.05, 0.1) is 0 Å². The molecule has 1 N–H and O–H groups in total. The number of rotatable bonds is 7. The molecule has 0 heterocycles. The predicted molar refractivity (Wildman–Crippen MR) is 73.9 cm³/mol. The number of likely N-dealkylation sites (N-methyl/N-ethyl adjacent to an activating group) is 1. The molecule has 0 radical (unpaired) electrons. The van der Waals surface area contributed by atoms with E-state index in [-0.39, 0.29) is 0 Å². The van der Waals surface area contributed by atoms with Crippen LogP contribution in [0.1, 0.15) is 31.9 Å². The fourth-order valence-electron chi connectivity index (χ4n) is 2.17. The number of carboxylic acids is 1. The lowest BCUT2D eigenvalue weighted by Crippen LogP contribution is -2.42. The SMILES string of the molecule is CCc1ccc(C[C@H](C(=O)O)N(CC)CC)cc1. The summed E-state index contributed by atoms with van der Waals surface area (Å²) in [6, 6.07) is 7.82. The molecule has 100 valence electrons. The first kappa shape index (κ1) is 14.7. The van der Waals surface area contributed by atoms with Gasteiger partial charge in [-0.25, -0.2) is 0 Å². The molecule has 1 rings (SSSR count). The van der Waals surface area contributed by atoms with Gasteiger partial charge in [0.15, 0.2) is 0 Å².